The van der Waals surface area contributed by atoms with Gasteiger partial charge in [-0.2, -0.15) is 8.78 Å². The average Bonchev–Trinajstić information content (AvgIpc) is 2.54. The molecule has 25 heavy (non-hydrogen) atoms. The van der Waals surface area contributed by atoms with Crippen molar-refractivity contribution < 1.29 is 30.4 Å². The van der Waals surface area contributed by atoms with Gasteiger partial charge in [-0.15, -0.1) is 0 Å². The minimum atomic E-state index is -4.74. The lowest BCUT2D eigenvalue weighted by molar-refractivity contribution is 0.234. The number of benzene rings is 2. The number of hydrogen-bond donors (Lipinski definition) is 1. The summed E-state index contributed by atoms with van der Waals surface area (Å²) in [4.78, 5) is -0.696. The summed E-state index contributed by atoms with van der Waals surface area (Å²) in [7, 11) is -7.43. The summed E-state index contributed by atoms with van der Waals surface area (Å²) in [5.74, 6) is -3.42. The van der Waals surface area contributed by atoms with Gasteiger partial charge in [0.2, 0.25) is 9.84 Å². The minimum absolute atomic E-state index is 0.0248. The number of nitrogens with one attached hydrogen (secondary N) is 1. The Bertz CT molecular complexity index is 971. The molecule has 0 saturated heterocycles. The van der Waals surface area contributed by atoms with Gasteiger partial charge in [0.1, 0.15) is 10.6 Å². The molecule has 2 rings (SSSR count). The maximum Gasteiger partial charge on any atom is 0.341 e. The molecule has 0 unspecified atom stereocenters. The van der Waals surface area contributed by atoms with Gasteiger partial charge in [-0.05, 0) is 48.9 Å². The monoisotopic (exact) mass is 391 g/mol. The molecule has 0 fully saturated rings. The summed E-state index contributed by atoms with van der Waals surface area (Å²) in [5, 5.41) is 0. The lowest BCUT2D eigenvalue weighted by Crippen LogP contribution is -2.15. The van der Waals surface area contributed by atoms with Crippen LogP contribution in [0.2, 0.25) is 0 Å². The van der Waals surface area contributed by atoms with Crippen molar-refractivity contribution in [2.75, 3.05) is 11.8 Å². The first kappa shape index (κ1) is 19.1. The summed E-state index contributed by atoms with van der Waals surface area (Å²) in [6, 6.07) is 8.60. The number of hydrogen-bond acceptors (Lipinski definition) is 5. The number of halogens is 2. The third-order valence-corrected chi connectivity index (χ3v) is 6.08. The second-order valence-electron chi connectivity index (χ2n) is 5.09. The number of alkyl halides is 2. The number of aryl methyl sites for hydroxylation is 1. The number of anilines is 1. The fourth-order valence-electron chi connectivity index (χ4n) is 2.02. The van der Waals surface area contributed by atoms with Crippen molar-refractivity contribution in [2.45, 2.75) is 22.5 Å². The standard InChI is InChI=1S/C15H15F2NO5S2/c1-10-3-8-13(23-2)14(9-10)25(21,22)18-11-4-6-12(7-5-11)24(19,20)15(16)17/h3-9,15,18H,1-2H3. The zero-order valence-corrected chi connectivity index (χ0v) is 14.9. The van der Waals surface area contributed by atoms with Gasteiger partial charge in [0.05, 0.1) is 12.0 Å². The van der Waals surface area contributed by atoms with Crippen LogP contribution in [0.3, 0.4) is 0 Å². The van der Waals surface area contributed by atoms with Crippen LogP contribution in [-0.4, -0.2) is 29.7 Å². The number of rotatable bonds is 6. The molecule has 0 radical (unpaired) electrons. The topological polar surface area (TPSA) is 89.5 Å². The van der Waals surface area contributed by atoms with E-state index in [1.807, 2.05) is 0 Å². The Kier molecular flexibility index (Phi) is 5.33. The van der Waals surface area contributed by atoms with Crippen LogP contribution in [0.5, 0.6) is 5.75 Å². The van der Waals surface area contributed by atoms with Crippen LogP contribution in [0.25, 0.3) is 0 Å². The van der Waals surface area contributed by atoms with E-state index in [1.54, 1.807) is 13.0 Å². The lowest BCUT2D eigenvalue weighted by Gasteiger charge is -2.12. The molecule has 0 heterocycles. The summed E-state index contributed by atoms with van der Waals surface area (Å²) in [6.45, 7) is 1.71. The molecule has 136 valence electrons. The lowest BCUT2D eigenvalue weighted by atomic mass is 10.2. The fourth-order valence-corrected chi connectivity index (χ4v) is 4.05. The van der Waals surface area contributed by atoms with Gasteiger partial charge in [0.25, 0.3) is 10.0 Å². The molecule has 0 aliphatic heterocycles. The van der Waals surface area contributed by atoms with Gasteiger partial charge in [-0.3, -0.25) is 4.72 Å². The normalized spacial score (nSPS) is 12.2. The van der Waals surface area contributed by atoms with E-state index in [-0.39, 0.29) is 16.3 Å². The smallest absolute Gasteiger partial charge is 0.341 e. The zero-order valence-electron chi connectivity index (χ0n) is 13.2. The Labute approximate surface area is 144 Å². The Hall–Kier alpha value is -2.20. The Morgan fingerprint density at radius 2 is 1.60 bits per heavy atom. The summed E-state index contributed by atoms with van der Waals surface area (Å²) in [5.41, 5.74) is 0.719. The maximum absolute atomic E-state index is 12.5. The van der Waals surface area contributed by atoms with Gasteiger partial charge in [0.15, 0.2) is 0 Å². The second kappa shape index (κ2) is 6.96. The Balaban J connectivity index is 2.35. The van der Waals surface area contributed by atoms with Gasteiger partial charge in [-0.1, -0.05) is 6.07 Å². The number of sulfonamides is 1. The molecule has 0 atom stereocenters. The molecule has 0 spiro atoms. The molecule has 1 N–H and O–H groups in total. The van der Waals surface area contributed by atoms with Crippen molar-refractivity contribution in [3.63, 3.8) is 0 Å². The van der Waals surface area contributed by atoms with E-state index in [2.05, 4.69) is 4.72 Å². The van der Waals surface area contributed by atoms with E-state index in [0.717, 1.165) is 24.3 Å². The Morgan fingerprint density at radius 3 is 2.12 bits per heavy atom. The van der Waals surface area contributed by atoms with Crippen molar-refractivity contribution in [3.8, 4) is 5.75 Å². The van der Waals surface area contributed by atoms with Gasteiger partial charge in [-0.25, -0.2) is 16.8 Å². The molecule has 2 aromatic rings. The van der Waals surface area contributed by atoms with E-state index >= 15 is 0 Å². The third kappa shape index (κ3) is 4.07. The Morgan fingerprint density at radius 1 is 1.00 bits per heavy atom. The first-order valence-electron chi connectivity index (χ1n) is 6.87. The predicted octanol–water partition coefficient (Wildman–Crippen LogP) is 2.80. The molecular formula is C15H15F2NO5S2. The van der Waals surface area contributed by atoms with Crippen LogP contribution in [0.15, 0.2) is 52.3 Å². The van der Waals surface area contributed by atoms with Crippen LogP contribution < -0.4 is 9.46 Å². The molecule has 0 bridgehead atoms. The van der Waals surface area contributed by atoms with E-state index < -0.39 is 30.5 Å². The van der Waals surface area contributed by atoms with E-state index in [4.69, 9.17) is 4.74 Å². The first-order valence-corrected chi connectivity index (χ1v) is 9.90. The molecular weight excluding hydrogens is 376 g/mol. The van der Waals surface area contributed by atoms with Crippen LogP contribution in [0.1, 0.15) is 5.56 Å². The summed E-state index contributed by atoms with van der Waals surface area (Å²) < 4.78 is 80.0. The first-order chi connectivity index (χ1) is 11.6. The molecule has 0 saturated carbocycles. The third-order valence-electron chi connectivity index (χ3n) is 3.28. The van der Waals surface area contributed by atoms with Crippen molar-refractivity contribution in [1.29, 1.82) is 0 Å². The van der Waals surface area contributed by atoms with Gasteiger partial charge in [0, 0.05) is 5.69 Å². The molecule has 6 nitrogen and oxygen atoms in total. The maximum atomic E-state index is 12.5. The summed E-state index contributed by atoms with van der Waals surface area (Å²) >= 11 is 0. The highest BCUT2D eigenvalue weighted by atomic mass is 32.2. The van der Waals surface area contributed by atoms with Crippen molar-refractivity contribution >= 4 is 25.5 Å². The quantitative estimate of drug-likeness (QED) is 0.818. The number of ether oxygens (including phenoxy) is 1. The summed E-state index contributed by atoms with van der Waals surface area (Å²) in [6.07, 6.45) is 0. The van der Waals surface area contributed by atoms with E-state index in [1.165, 1.54) is 19.2 Å². The number of sulfone groups is 1. The van der Waals surface area contributed by atoms with Crippen molar-refractivity contribution in [1.82, 2.24) is 0 Å². The molecule has 0 aliphatic carbocycles. The predicted molar refractivity (Wildman–Crippen MR) is 88.2 cm³/mol. The fraction of sp³-hybridized carbons (Fsp3) is 0.200. The van der Waals surface area contributed by atoms with E-state index in [9.17, 15) is 25.6 Å². The SMILES string of the molecule is COc1ccc(C)cc1S(=O)(=O)Nc1ccc(S(=O)(=O)C(F)F)cc1. The van der Waals surface area contributed by atoms with Crippen LogP contribution in [-0.2, 0) is 19.9 Å². The van der Waals surface area contributed by atoms with E-state index in [0.29, 0.717) is 5.56 Å². The average molecular weight is 391 g/mol. The van der Waals surface area contributed by atoms with Crippen LogP contribution in [0, 0.1) is 6.92 Å². The highest BCUT2D eigenvalue weighted by Crippen LogP contribution is 2.27. The second-order valence-corrected chi connectivity index (χ2v) is 8.66. The van der Waals surface area contributed by atoms with Gasteiger partial charge < -0.3 is 4.74 Å². The molecule has 0 aliphatic rings. The molecule has 0 aromatic heterocycles. The molecule has 2 aromatic carbocycles. The van der Waals surface area contributed by atoms with Crippen molar-refractivity contribution in [3.05, 3.63) is 48.0 Å². The highest BCUT2D eigenvalue weighted by Gasteiger charge is 2.26. The highest BCUT2D eigenvalue weighted by molar-refractivity contribution is 7.93. The largest absolute Gasteiger partial charge is 0.495 e. The van der Waals surface area contributed by atoms with Gasteiger partial charge >= 0.3 is 5.76 Å². The minimum Gasteiger partial charge on any atom is -0.495 e. The van der Waals surface area contributed by atoms with Crippen molar-refractivity contribution in [2.24, 2.45) is 0 Å². The zero-order chi connectivity index (χ0) is 18.8. The van der Waals surface area contributed by atoms with Crippen LogP contribution in [0.4, 0.5) is 14.5 Å². The molecule has 10 heteroatoms. The number of methoxy groups -OCH3 is 1. The molecule has 0 amide bonds. The van der Waals surface area contributed by atoms with Crippen LogP contribution >= 0.6 is 0 Å².